The van der Waals surface area contributed by atoms with Gasteiger partial charge in [0, 0.05) is 31.8 Å². The topological polar surface area (TPSA) is 41.6 Å². The highest BCUT2D eigenvalue weighted by Gasteiger charge is 2.30. The van der Waals surface area contributed by atoms with Crippen LogP contribution in [0.1, 0.15) is 37.8 Å². The van der Waals surface area contributed by atoms with Crippen LogP contribution in [-0.4, -0.2) is 42.6 Å². The maximum absolute atomic E-state index is 12.1. The Morgan fingerprint density at radius 1 is 1.33 bits per heavy atom. The highest BCUT2D eigenvalue weighted by Crippen LogP contribution is 2.24. The molecule has 1 aromatic carbocycles. The number of nitrogens with one attached hydrogen (secondary N) is 1. The summed E-state index contributed by atoms with van der Waals surface area (Å²) in [6.45, 7) is 4.92. The van der Waals surface area contributed by atoms with Crippen LogP contribution in [0.25, 0.3) is 0 Å². The number of ether oxygens (including phenoxy) is 1. The third-order valence-electron chi connectivity index (χ3n) is 4.62. The van der Waals surface area contributed by atoms with Gasteiger partial charge in [0.1, 0.15) is 6.10 Å². The molecular formula is C17H24N2O2. The lowest BCUT2D eigenvalue weighted by molar-refractivity contribution is -0.130. The van der Waals surface area contributed by atoms with Gasteiger partial charge >= 0.3 is 0 Å². The number of rotatable bonds is 4. The van der Waals surface area contributed by atoms with E-state index in [0.29, 0.717) is 6.04 Å². The molecule has 2 aliphatic rings. The van der Waals surface area contributed by atoms with Crippen molar-refractivity contribution in [3.8, 4) is 0 Å². The summed E-state index contributed by atoms with van der Waals surface area (Å²) in [6.07, 6.45) is 2.67. The van der Waals surface area contributed by atoms with Crippen LogP contribution < -0.4 is 5.32 Å². The molecule has 1 amide bonds. The van der Waals surface area contributed by atoms with Gasteiger partial charge in [-0.1, -0.05) is 30.3 Å². The second-order valence-electron chi connectivity index (χ2n) is 6.08. The van der Waals surface area contributed by atoms with Crippen LogP contribution in [0.4, 0.5) is 0 Å². The first-order chi connectivity index (χ1) is 10.2. The second-order valence-corrected chi connectivity index (χ2v) is 6.08. The van der Waals surface area contributed by atoms with E-state index in [4.69, 9.17) is 4.74 Å². The van der Waals surface area contributed by atoms with Gasteiger partial charge in [-0.05, 0) is 31.7 Å². The van der Waals surface area contributed by atoms with E-state index in [1.807, 2.05) is 6.07 Å². The number of nitrogens with zero attached hydrogens (tertiary/aromatic N) is 1. The Morgan fingerprint density at radius 2 is 2.14 bits per heavy atom. The van der Waals surface area contributed by atoms with Gasteiger partial charge in [-0.3, -0.25) is 9.69 Å². The molecule has 0 saturated carbocycles. The minimum absolute atomic E-state index is 0.0757. The number of hydrogen-bond acceptors (Lipinski definition) is 3. The van der Waals surface area contributed by atoms with Gasteiger partial charge in [0.05, 0.1) is 0 Å². The average Bonchev–Trinajstić information content (AvgIpc) is 3.19. The first-order valence-corrected chi connectivity index (χ1v) is 7.95. The van der Waals surface area contributed by atoms with Crippen molar-refractivity contribution in [2.24, 2.45) is 0 Å². The fraction of sp³-hybridized carbons (Fsp3) is 0.588. The fourth-order valence-corrected chi connectivity index (χ4v) is 3.28. The molecule has 0 unspecified atom stereocenters. The van der Waals surface area contributed by atoms with Crippen molar-refractivity contribution in [1.29, 1.82) is 0 Å². The smallest absolute Gasteiger partial charge is 0.249 e. The monoisotopic (exact) mass is 288 g/mol. The number of benzene rings is 1. The Hall–Kier alpha value is -1.39. The van der Waals surface area contributed by atoms with Crippen molar-refractivity contribution in [2.45, 2.75) is 44.4 Å². The van der Waals surface area contributed by atoms with Crippen molar-refractivity contribution in [2.75, 3.05) is 19.7 Å². The van der Waals surface area contributed by atoms with E-state index in [0.717, 1.165) is 39.0 Å². The van der Waals surface area contributed by atoms with Crippen LogP contribution >= 0.6 is 0 Å². The van der Waals surface area contributed by atoms with Crippen LogP contribution in [0.5, 0.6) is 0 Å². The third-order valence-corrected chi connectivity index (χ3v) is 4.62. The fourth-order valence-electron chi connectivity index (χ4n) is 3.28. The first-order valence-electron chi connectivity index (χ1n) is 7.95. The Morgan fingerprint density at radius 3 is 2.86 bits per heavy atom. The Bertz CT molecular complexity index is 471. The van der Waals surface area contributed by atoms with E-state index < -0.39 is 0 Å². The van der Waals surface area contributed by atoms with E-state index >= 15 is 0 Å². The van der Waals surface area contributed by atoms with E-state index in [9.17, 15) is 4.79 Å². The molecule has 21 heavy (non-hydrogen) atoms. The van der Waals surface area contributed by atoms with Crippen LogP contribution in [0.2, 0.25) is 0 Å². The molecule has 3 atom stereocenters. The molecule has 0 aliphatic carbocycles. The van der Waals surface area contributed by atoms with Crippen LogP contribution in [0.3, 0.4) is 0 Å². The van der Waals surface area contributed by atoms with Gasteiger partial charge in [-0.15, -0.1) is 0 Å². The predicted molar refractivity (Wildman–Crippen MR) is 82.0 cm³/mol. The minimum Gasteiger partial charge on any atom is -0.368 e. The zero-order chi connectivity index (χ0) is 14.7. The number of likely N-dealkylation sites (tertiary alicyclic amines) is 1. The van der Waals surface area contributed by atoms with E-state index in [-0.39, 0.29) is 18.1 Å². The largest absolute Gasteiger partial charge is 0.368 e. The summed E-state index contributed by atoms with van der Waals surface area (Å²) in [4.78, 5) is 14.5. The summed E-state index contributed by atoms with van der Waals surface area (Å²) in [5.41, 5.74) is 1.34. The van der Waals surface area contributed by atoms with E-state index in [2.05, 4.69) is 41.4 Å². The van der Waals surface area contributed by atoms with Gasteiger partial charge in [0.15, 0.2) is 0 Å². The summed E-state index contributed by atoms with van der Waals surface area (Å²) >= 11 is 0. The molecule has 2 heterocycles. The SMILES string of the molecule is C[C@H](c1ccccc1)N1CC[C@H](NC(=O)[C@H]2CCCO2)C1. The quantitative estimate of drug-likeness (QED) is 0.922. The molecule has 2 aliphatic heterocycles. The average molecular weight is 288 g/mol. The van der Waals surface area contributed by atoms with Gasteiger partial charge in [-0.25, -0.2) is 0 Å². The van der Waals surface area contributed by atoms with Crippen LogP contribution in [-0.2, 0) is 9.53 Å². The molecule has 4 nitrogen and oxygen atoms in total. The normalized spacial score (nSPS) is 27.7. The van der Waals surface area contributed by atoms with Crippen molar-refractivity contribution < 1.29 is 9.53 Å². The van der Waals surface area contributed by atoms with Gasteiger partial charge < -0.3 is 10.1 Å². The molecule has 1 aromatic rings. The molecule has 3 rings (SSSR count). The summed E-state index contributed by atoms with van der Waals surface area (Å²) in [5, 5.41) is 3.15. The molecule has 0 spiro atoms. The molecule has 2 saturated heterocycles. The summed E-state index contributed by atoms with van der Waals surface area (Å²) in [7, 11) is 0. The van der Waals surface area contributed by atoms with E-state index in [1.54, 1.807) is 0 Å². The van der Waals surface area contributed by atoms with Gasteiger partial charge in [0.25, 0.3) is 0 Å². The summed E-state index contributed by atoms with van der Waals surface area (Å²) in [5.74, 6) is 0.0757. The predicted octanol–water partition coefficient (Wildman–Crippen LogP) is 2.12. The highest BCUT2D eigenvalue weighted by molar-refractivity contribution is 5.81. The van der Waals surface area contributed by atoms with Crippen molar-refractivity contribution >= 4 is 5.91 Å². The Kier molecular flexibility index (Phi) is 4.56. The lowest BCUT2D eigenvalue weighted by Gasteiger charge is -2.25. The molecule has 0 aromatic heterocycles. The minimum atomic E-state index is -0.217. The van der Waals surface area contributed by atoms with E-state index in [1.165, 1.54) is 5.56 Å². The summed E-state index contributed by atoms with van der Waals surface area (Å²) in [6, 6.07) is 11.2. The molecule has 0 bridgehead atoms. The van der Waals surface area contributed by atoms with Crippen molar-refractivity contribution in [3.63, 3.8) is 0 Å². The number of carbonyl (C=O) groups is 1. The summed E-state index contributed by atoms with van der Waals surface area (Å²) < 4.78 is 5.44. The maximum atomic E-state index is 12.1. The number of amides is 1. The zero-order valence-corrected chi connectivity index (χ0v) is 12.6. The van der Waals surface area contributed by atoms with Gasteiger partial charge in [0.2, 0.25) is 5.91 Å². The Labute approximate surface area is 126 Å². The molecule has 4 heteroatoms. The third kappa shape index (κ3) is 3.44. The molecule has 0 radical (unpaired) electrons. The zero-order valence-electron chi connectivity index (χ0n) is 12.6. The lowest BCUT2D eigenvalue weighted by atomic mass is 10.1. The second kappa shape index (κ2) is 6.58. The lowest BCUT2D eigenvalue weighted by Crippen LogP contribution is -2.42. The number of hydrogen-bond donors (Lipinski definition) is 1. The molecule has 2 fully saturated rings. The van der Waals surface area contributed by atoms with Crippen molar-refractivity contribution in [1.82, 2.24) is 10.2 Å². The standard InChI is InChI=1S/C17H24N2O2/c1-13(14-6-3-2-4-7-14)19-10-9-15(12-19)18-17(20)16-8-5-11-21-16/h2-4,6-7,13,15-16H,5,8-12H2,1H3,(H,18,20)/t13-,15+,16-/m1/s1. The molecule has 114 valence electrons. The van der Waals surface area contributed by atoms with Crippen LogP contribution in [0.15, 0.2) is 30.3 Å². The number of carbonyl (C=O) groups excluding carboxylic acids is 1. The van der Waals surface area contributed by atoms with Crippen molar-refractivity contribution in [3.05, 3.63) is 35.9 Å². The highest BCUT2D eigenvalue weighted by atomic mass is 16.5. The van der Waals surface area contributed by atoms with Gasteiger partial charge in [-0.2, -0.15) is 0 Å². The van der Waals surface area contributed by atoms with Crippen LogP contribution in [0, 0.1) is 0 Å². The Balaban J connectivity index is 1.52. The first kappa shape index (κ1) is 14.5. The molecule has 1 N–H and O–H groups in total. The molecular weight excluding hydrogens is 264 g/mol. The maximum Gasteiger partial charge on any atom is 0.249 e.